The molecule has 0 aliphatic carbocycles. The maximum Gasteiger partial charge on any atom is 0.336 e. The van der Waals surface area contributed by atoms with E-state index in [0.717, 1.165) is 25.8 Å². The molecule has 0 spiro atoms. The Balaban J connectivity index is 1.79. The molecule has 2 unspecified atom stereocenters. The fourth-order valence-electron chi connectivity index (χ4n) is 3.66. The Morgan fingerprint density at radius 3 is 2.78 bits per heavy atom. The van der Waals surface area contributed by atoms with E-state index in [1.54, 1.807) is 22.5 Å². The maximum absolute atomic E-state index is 13.1. The second-order valence-corrected chi connectivity index (χ2v) is 8.01. The fraction of sp³-hybridized carbons (Fsp3) is 0.438. The molecule has 1 N–H and O–H groups in total. The van der Waals surface area contributed by atoms with Gasteiger partial charge in [0.15, 0.2) is 0 Å². The predicted octanol–water partition coefficient (Wildman–Crippen LogP) is 1.31. The number of benzene rings is 1. The number of nitrogens with one attached hydrogen (secondary N) is 1. The van der Waals surface area contributed by atoms with E-state index in [1.165, 1.54) is 12.1 Å². The Hall–Kier alpha value is -1.70. The summed E-state index contributed by atoms with van der Waals surface area (Å²) in [5, 5.41) is 3.93. The van der Waals surface area contributed by atoms with Crippen LogP contribution in [0.2, 0.25) is 0 Å². The van der Waals surface area contributed by atoms with Crippen LogP contribution in [0, 0.1) is 0 Å². The monoisotopic (exact) mass is 334 g/mol. The van der Waals surface area contributed by atoms with Gasteiger partial charge in [0.05, 0.1) is 4.90 Å². The molecular formula is C16H18N2O4S. The molecular weight excluding hydrogens is 316 g/mol. The lowest BCUT2D eigenvalue weighted by Crippen LogP contribution is -2.42. The van der Waals surface area contributed by atoms with Crippen LogP contribution in [-0.4, -0.2) is 37.9 Å². The summed E-state index contributed by atoms with van der Waals surface area (Å²) in [4.78, 5) is 11.5. The zero-order valence-corrected chi connectivity index (χ0v) is 13.4. The summed E-state index contributed by atoms with van der Waals surface area (Å²) in [5.74, 6) is 0. The molecule has 2 saturated heterocycles. The third kappa shape index (κ3) is 2.49. The van der Waals surface area contributed by atoms with Crippen LogP contribution < -0.4 is 10.9 Å². The minimum atomic E-state index is -3.55. The van der Waals surface area contributed by atoms with Gasteiger partial charge in [0.2, 0.25) is 10.0 Å². The zero-order chi connectivity index (χ0) is 16.0. The first-order chi connectivity index (χ1) is 11.1. The molecule has 1 aromatic carbocycles. The lowest BCUT2D eigenvalue weighted by molar-refractivity contribution is 0.334. The molecule has 4 rings (SSSR count). The second kappa shape index (κ2) is 5.43. The average Bonchev–Trinajstić information content (AvgIpc) is 2.80. The molecule has 3 heterocycles. The van der Waals surface area contributed by atoms with Crippen LogP contribution in [0.3, 0.4) is 0 Å². The molecule has 2 bridgehead atoms. The van der Waals surface area contributed by atoms with Gasteiger partial charge in [-0.15, -0.1) is 0 Å². The van der Waals surface area contributed by atoms with Crippen molar-refractivity contribution in [2.24, 2.45) is 0 Å². The molecule has 6 nitrogen and oxygen atoms in total. The quantitative estimate of drug-likeness (QED) is 0.838. The molecule has 0 saturated carbocycles. The molecule has 2 aliphatic rings. The number of rotatable bonds is 2. The van der Waals surface area contributed by atoms with Crippen LogP contribution in [0.15, 0.2) is 44.4 Å². The summed E-state index contributed by atoms with van der Waals surface area (Å²) in [7, 11) is -3.55. The summed E-state index contributed by atoms with van der Waals surface area (Å²) in [6, 6.07) is 7.67. The first-order valence-electron chi connectivity index (χ1n) is 7.84. The van der Waals surface area contributed by atoms with Crippen molar-refractivity contribution in [3.63, 3.8) is 0 Å². The highest BCUT2D eigenvalue weighted by atomic mass is 32.2. The molecule has 23 heavy (non-hydrogen) atoms. The van der Waals surface area contributed by atoms with E-state index in [4.69, 9.17) is 4.42 Å². The third-order valence-corrected chi connectivity index (χ3v) is 6.75. The predicted molar refractivity (Wildman–Crippen MR) is 85.8 cm³/mol. The molecule has 1 aromatic heterocycles. The smallest absolute Gasteiger partial charge is 0.336 e. The largest absolute Gasteiger partial charge is 0.423 e. The van der Waals surface area contributed by atoms with E-state index < -0.39 is 15.6 Å². The normalized spacial score (nSPS) is 25.6. The van der Waals surface area contributed by atoms with Gasteiger partial charge in [0, 0.05) is 30.1 Å². The van der Waals surface area contributed by atoms with E-state index in [0.29, 0.717) is 17.5 Å². The van der Waals surface area contributed by atoms with E-state index in [9.17, 15) is 13.2 Å². The van der Waals surface area contributed by atoms with Crippen molar-refractivity contribution < 1.29 is 12.8 Å². The first kappa shape index (κ1) is 14.9. The Kier molecular flexibility index (Phi) is 3.51. The topological polar surface area (TPSA) is 79.6 Å². The minimum Gasteiger partial charge on any atom is -0.423 e. The summed E-state index contributed by atoms with van der Waals surface area (Å²) >= 11 is 0. The van der Waals surface area contributed by atoms with Gasteiger partial charge in [-0.2, -0.15) is 4.31 Å². The highest BCUT2D eigenvalue weighted by Crippen LogP contribution is 2.34. The van der Waals surface area contributed by atoms with Crippen LogP contribution in [-0.2, 0) is 10.0 Å². The van der Waals surface area contributed by atoms with Crippen LogP contribution in [0.4, 0.5) is 0 Å². The lowest BCUT2D eigenvalue weighted by Gasteiger charge is -2.26. The molecule has 7 heteroatoms. The van der Waals surface area contributed by atoms with Gasteiger partial charge in [-0.25, -0.2) is 13.2 Å². The molecule has 0 radical (unpaired) electrons. The highest BCUT2D eigenvalue weighted by molar-refractivity contribution is 7.89. The second-order valence-electron chi connectivity index (χ2n) is 6.17. The average molecular weight is 334 g/mol. The van der Waals surface area contributed by atoms with E-state index >= 15 is 0 Å². The molecule has 2 fully saturated rings. The van der Waals surface area contributed by atoms with Gasteiger partial charge >= 0.3 is 5.63 Å². The number of nitrogens with zero attached hydrogens (tertiary/aromatic N) is 1. The van der Waals surface area contributed by atoms with Crippen molar-refractivity contribution in [2.75, 3.05) is 13.1 Å². The minimum absolute atomic E-state index is 0.0249. The summed E-state index contributed by atoms with van der Waals surface area (Å²) < 4.78 is 33.0. The number of sulfonamides is 1. The zero-order valence-electron chi connectivity index (χ0n) is 12.6. The molecule has 122 valence electrons. The Labute approximate surface area is 134 Å². The SMILES string of the molecule is O=c1ccc2cc(S(=O)(=O)N3C4CCNCC3CC4)ccc2o1. The van der Waals surface area contributed by atoms with Crippen molar-refractivity contribution in [1.29, 1.82) is 0 Å². The van der Waals surface area contributed by atoms with Gasteiger partial charge < -0.3 is 9.73 Å². The Morgan fingerprint density at radius 2 is 1.91 bits per heavy atom. The van der Waals surface area contributed by atoms with E-state index in [-0.39, 0.29) is 17.0 Å². The number of hydrogen-bond acceptors (Lipinski definition) is 5. The van der Waals surface area contributed by atoms with Crippen molar-refractivity contribution in [1.82, 2.24) is 9.62 Å². The van der Waals surface area contributed by atoms with Gasteiger partial charge in [-0.05, 0) is 50.1 Å². The first-order valence-corrected chi connectivity index (χ1v) is 9.28. The van der Waals surface area contributed by atoms with E-state index in [1.807, 2.05) is 0 Å². The van der Waals surface area contributed by atoms with Crippen LogP contribution >= 0.6 is 0 Å². The molecule has 0 amide bonds. The van der Waals surface area contributed by atoms with Gasteiger partial charge in [-0.1, -0.05) is 0 Å². The van der Waals surface area contributed by atoms with Gasteiger partial charge in [-0.3, -0.25) is 0 Å². The van der Waals surface area contributed by atoms with Crippen molar-refractivity contribution in [3.05, 3.63) is 40.8 Å². The van der Waals surface area contributed by atoms with Crippen molar-refractivity contribution in [2.45, 2.75) is 36.2 Å². The lowest BCUT2D eigenvalue weighted by atomic mass is 10.1. The van der Waals surface area contributed by atoms with Gasteiger partial charge in [0.1, 0.15) is 5.58 Å². The van der Waals surface area contributed by atoms with Gasteiger partial charge in [0.25, 0.3) is 0 Å². The highest BCUT2D eigenvalue weighted by Gasteiger charge is 2.42. The maximum atomic E-state index is 13.1. The van der Waals surface area contributed by atoms with Crippen LogP contribution in [0.1, 0.15) is 19.3 Å². The number of fused-ring (bicyclic) bond motifs is 3. The van der Waals surface area contributed by atoms with Crippen LogP contribution in [0.25, 0.3) is 11.0 Å². The molecule has 2 aliphatic heterocycles. The Bertz CT molecular complexity index is 892. The Morgan fingerprint density at radius 1 is 1.09 bits per heavy atom. The standard InChI is InChI=1S/C16H18N2O4S/c19-16-6-1-11-9-14(4-5-15(11)22-16)23(20,21)18-12-2-3-13(18)10-17-8-7-12/h1,4-6,9,12-13,17H,2-3,7-8,10H2. The summed E-state index contributed by atoms with van der Waals surface area (Å²) in [6.07, 6.45) is 2.67. The van der Waals surface area contributed by atoms with Crippen molar-refractivity contribution >= 4 is 21.0 Å². The number of hydrogen-bond donors (Lipinski definition) is 1. The summed E-state index contributed by atoms with van der Waals surface area (Å²) in [6.45, 7) is 1.56. The van der Waals surface area contributed by atoms with Crippen LogP contribution in [0.5, 0.6) is 0 Å². The molecule has 2 atom stereocenters. The van der Waals surface area contributed by atoms with E-state index in [2.05, 4.69) is 5.32 Å². The fourth-order valence-corrected chi connectivity index (χ4v) is 5.60. The summed E-state index contributed by atoms with van der Waals surface area (Å²) in [5.41, 5.74) is -0.0401. The third-order valence-electron chi connectivity index (χ3n) is 4.75. The molecule has 2 aromatic rings. The van der Waals surface area contributed by atoms with Crippen molar-refractivity contribution in [3.8, 4) is 0 Å².